The Morgan fingerprint density at radius 2 is 1.73 bits per heavy atom. The molecule has 2 aromatic heterocycles. The Labute approximate surface area is 198 Å². The summed E-state index contributed by atoms with van der Waals surface area (Å²) in [5, 5.41) is 10.2. The molecule has 0 fully saturated rings. The fourth-order valence-electron chi connectivity index (χ4n) is 2.73. The van der Waals surface area contributed by atoms with E-state index in [4.69, 9.17) is 4.42 Å². The van der Waals surface area contributed by atoms with Crippen molar-refractivity contribution in [2.75, 3.05) is 11.1 Å². The van der Waals surface area contributed by atoms with Crippen molar-refractivity contribution in [1.29, 1.82) is 0 Å². The van der Waals surface area contributed by atoms with Crippen LogP contribution in [0.2, 0.25) is 0 Å². The summed E-state index contributed by atoms with van der Waals surface area (Å²) < 4.78 is 31.2. The minimum atomic E-state index is -3.88. The third-order valence-electron chi connectivity index (χ3n) is 4.45. The van der Waals surface area contributed by atoms with Crippen LogP contribution >= 0.6 is 23.1 Å². The summed E-state index contributed by atoms with van der Waals surface area (Å²) in [7, 11) is -3.88. The van der Waals surface area contributed by atoms with E-state index < -0.39 is 15.7 Å². The largest absolute Gasteiger partial charge is 0.439 e. The molecule has 1 amide bonds. The van der Waals surface area contributed by atoms with Crippen molar-refractivity contribution >= 4 is 49.8 Å². The SMILES string of the molecule is Cc1ccc(S(=O)(=O)c2ccc(C(=O)Nc3nnc(SCC(=O)c4ccccc4)s3)o2)cc1. The number of benzene rings is 2. The Balaban J connectivity index is 1.38. The van der Waals surface area contributed by atoms with Gasteiger partial charge in [0, 0.05) is 5.56 Å². The van der Waals surface area contributed by atoms with Crippen LogP contribution in [0.25, 0.3) is 0 Å². The van der Waals surface area contributed by atoms with E-state index in [1.807, 2.05) is 13.0 Å². The molecule has 4 aromatic rings. The van der Waals surface area contributed by atoms with E-state index in [-0.39, 0.29) is 32.4 Å². The summed E-state index contributed by atoms with van der Waals surface area (Å²) in [4.78, 5) is 24.7. The molecule has 33 heavy (non-hydrogen) atoms. The topological polar surface area (TPSA) is 119 Å². The lowest BCUT2D eigenvalue weighted by Gasteiger charge is -2.02. The third kappa shape index (κ3) is 5.38. The minimum Gasteiger partial charge on any atom is -0.439 e. The Bertz CT molecular complexity index is 1390. The molecular weight excluding hydrogens is 482 g/mol. The van der Waals surface area contributed by atoms with E-state index in [1.54, 1.807) is 36.4 Å². The summed E-state index contributed by atoms with van der Waals surface area (Å²) >= 11 is 2.31. The first-order valence-electron chi connectivity index (χ1n) is 9.60. The van der Waals surface area contributed by atoms with Crippen molar-refractivity contribution in [3.63, 3.8) is 0 Å². The normalized spacial score (nSPS) is 11.3. The lowest BCUT2D eigenvalue weighted by Crippen LogP contribution is -2.10. The number of aromatic nitrogens is 2. The maximum absolute atomic E-state index is 12.7. The first kappa shape index (κ1) is 22.9. The van der Waals surface area contributed by atoms with Crippen LogP contribution in [-0.2, 0) is 9.84 Å². The number of nitrogens with zero attached hydrogens (tertiary/aromatic N) is 2. The molecule has 0 saturated carbocycles. The van der Waals surface area contributed by atoms with Crippen molar-refractivity contribution < 1.29 is 22.4 Å². The zero-order valence-electron chi connectivity index (χ0n) is 17.2. The summed E-state index contributed by atoms with van der Waals surface area (Å²) in [6.45, 7) is 1.85. The molecule has 0 spiro atoms. The smallest absolute Gasteiger partial charge is 0.293 e. The zero-order chi connectivity index (χ0) is 23.4. The molecule has 11 heteroatoms. The number of thioether (sulfide) groups is 1. The van der Waals surface area contributed by atoms with E-state index >= 15 is 0 Å². The highest BCUT2D eigenvalue weighted by atomic mass is 32.2. The maximum atomic E-state index is 12.7. The number of hydrogen-bond acceptors (Lipinski definition) is 9. The quantitative estimate of drug-likeness (QED) is 0.214. The highest BCUT2D eigenvalue weighted by molar-refractivity contribution is 8.01. The second-order valence-electron chi connectivity index (χ2n) is 6.84. The number of aryl methyl sites for hydroxylation is 1. The summed E-state index contributed by atoms with van der Waals surface area (Å²) in [5.41, 5.74) is 1.53. The predicted octanol–water partition coefficient (Wildman–Crippen LogP) is 4.50. The number of furan rings is 1. The molecule has 8 nitrogen and oxygen atoms in total. The highest BCUT2D eigenvalue weighted by Crippen LogP contribution is 2.27. The number of hydrogen-bond donors (Lipinski definition) is 1. The second kappa shape index (κ2) is 9.69. The van der Waals surface area contributed by atoms with E-state index in [1.165, 1.54) is 36.0 Å². The van der Waals surface area contributed by atoms with Gasteiger partial charge in [0.1, 0.15) is 0 Å². The van der Waals surface area contributed by atoms with Gasteiger partial charge < -0.3 is 4.42 Å². The van der Waals surface area contributed by atoms with Gasteiger partial charge in [-0.25, -0.2) is 8.42 Å². The van der Waals surface area contributed by atoms with Crippen LogP contribution in [0.5, 0.6) is 0 Å². The van der Waals surface area contributed by atoms with Crippen LogP contribution in [-0.4, -0.2) is 36.1 Å². The number of carbonyl (C=O) groups excluding carboxylic acids is 2. The van der Waals surface area contributed by atoms with Gasteiger partial charge in [0.15, 0.2) is 15.9 Å². The lowest BCUT2D eigenvalue weighted by molar-refractivity contribution is 0.0989. The molecule has 0 aliphatic rings. The molecule has 0 aliphatic carbocycles. The Kier molecular flexibility index (Phi) is 6.72. The number of ketones is 1. The number of Topliss-reactive ketones (excluding diaryl/α,β-unsaturated/α-hetero) is 1. The van der Waals surface area contributed by atoms with Crippen LogP contribution in [0, 0.1) is 6.92 Å². The first-order chi connectivity index (χ1) is 15.8. The molecule has 0 saturated heterocycles. The number of amides is 1. The number of rotatable bonds is 8. The minimum absolute atomic E-state index is 0.0423. The van der Waals surface area contributed by atoms with Gasteiger partial charge in [-0.3, -0.25) is 14.9 Å². The summed E-state index contributed by atoms with van der Waals surface area (Å²) in [5.74, 6) is -0.692. The van der Waals surface area contributed by atoms with E-state index in [0.717, 1.165) is 16.9 Å². The molecule has 168 valence electrons. The highest BCUT2D eigenvalue weighted by Gasteiger charge is 2.24. The van der Waals surface area contributed by atoms with E-state index in [2.05, 4.69) is 15.5 Å². The molecule has 2 heterocycles. The molecule has 0 unspecified atom stereocenters. The molecule has 1 N–H and O–H groups in total. The van der Waals surface area contributed by atoms with Crippen LogP contribution in [0.1, 0.15) is 26.5 Å². The van der Waals surface area contributed by atoms with Crippen LogP contribution in [0.15, 0.2) is 85.5 Å². The molecule has 2 aromatic carbocycles. The second-order valence-corrected chi connectivity index (χ2v) is 10.9. The van der Waals surface area contributed by atoms with Gasteiger partial charge in [0.25, 0.3) is 5.91 Å². The number of sulfone groups is 1. The van der Waals surface area contributed by atoms with Crippen LogP contribution < -0.4 is 5.32 Å². The average Bonchev–Trinajstić information content (AvgIpc) is 3.49. The predicted molar refractivity (Wildman–Crippen MR) is 125 cm³/mol. The first-order valence-corrected chi connectivity index (χ1v) is 12.9. The van der Waals surface area contributed by atoms with Crippen molar-refractivity contribution in [1.82, 2.24) is 10.2 Å². The molecule has 4 rings (SSSR count). The fourth-order valence-corrected chi connectivity index (χ4v) is 5.55. The Morgan fingerprint density at radius 3 is 2.45 bits per heavy atom. The molecule has 0 atom stereocenters. The average molecular weight is 500 g/mol. The van der Waals surface area contributed by atoms with Crippen molar-refractivity contribution in [2.45, 2.75) is 21.3 Å². The lowest BCUT2D eigenvalue weighted by atomic mass is 10.2. The molecular formula is C22H17N3O5S3. The Morgan fingerprint density at radius 1 is 1.00 bits per heavy atom. The Hall–Kier alpha value is -3.28. The summed E-state index contributed by atoms with van der Waals surface area (Å²) in [6, 6.07) is 17.8. The van der Waals surface area contributed by atoms with Crippen molar-refractivity contribution in [3.05, 3.63) is 83.6 Å². The molecule has 0 bridgehead atoms. The van der Waals surface area contributed by atoms with Gasteiger partial charge in [-0.2, -0.15) is 0 Å². The van der Waals surface area contributed by atoms with Gasteiger partial charge in [-0.15, -0.1) is 10.2 Å². The zero-order valence-corrected chi connectivity index (χ0v) is 19.7. The monoisotopic (exact) mass is 499 g/mol. The van der Waals surface area contributed by atoms with Crippen LogP contribution in [0.4, 0.5) is 5.13 Å². The number of nitrogens with one attached hydrogen (secondary N) is 1. The van der Waals surface area contributed by atoms with Gasteiger partial charge >= 0.3 is 0 Å². The van der Waals surface area contributed by atoms with Crippen LogP contribution in [0.3, 0.4) is 0 Å². The maximum Gasteiger partial charge on any atom is 0.293 e. The fraction of sp³-hybridized carbons (Fsp3) is 0.0909. The number of carbonyl (C=O) groups is 2. The van der Waals surface area contributed by atoms with Gasteiger partial charge in [0.05, 0.1) is 10.6 Å². The van der Waals surface area contributed by atoms with Crippen molar-refractivity contribution in [2.24, 2.45) is 0 Å². The molecule has 0 radical (unpaired) electrons. The van der Waals surface area contributed by atoms with Crippen molar-refractivity contribution in [3.8, 4) is 0 Å². The van der Waals surface area contributed by atoms with E-state index in [0.29, 0.717) is 9.90 Å². The third-order valence-corrected chi connectivity index (χ3v) is 8.06. The summed E-state index contributed by atoms with van der Waals surface area (Å²) in [6.07, 6.45) is 0. The van der Waals surface area contributed by atoms with Gasteiger partial charge in [-0.1, -0.05) is 71.1 Å². The van der Waals surface area contributed by atoms with E-state index in [9.17, 15) is 18.0 Å². The standard InChI is InChI=1S/C22H17N3O5S3/c1-14-7-9-16(10-8-14)33(28,29)19-12-11-18(30-19)20(27)23-21-24-25-22(32-21)31-13-17(26)15-5-3-2-4-6-15/h2-12H,13H2,1H3,(H,23,24,27). The van der Waals surface area contributed by atoms with Gasteiger partial charge in [-0.05, 0) is 31.2 Å². The van der Waals surface area contributed by atoms with Gasteiger partial charge in [0.2, 0.25) is 20.1 Å². The number of anilines is 1. The molecule has 0 aliphatic heterocycles.